The van der Waals surface area contributed by atoms with Crippen LogP contribution in [0.15, 0.2) is 11.4 Å². The summed E-state index contributed by atoms with van der Waals surface area (Å²) in [5.74, 6) is 0.614. The number of ether oxygens (including phenoxy) is 1. The predicted octanol–water partition coefficient (Wildman–Crippen LogP) is 2.59. The maximum absolute atomic E-state index is 11.6. The molecule has 1 amide bonds. The van der Waals surface area contributed by atoms with Gasteiger partial charge in [0, 0.05) is 5.75 Å². The van der Waals surface area contributed by atoms with Crippen LogP contribution in [0.2, 0.25) is 0 Å². The molecule has 1 aromatic rings. The van der Waals surface area contributed by atoms with Crippen LogP contribution in [-0.4, -0.2) is 22.5 Å². The number of amides is 1. The van der Waals surface area contributed by atoms with Crippen molar-refractivity contribution in [3.05, 3.63) is 16.3 Å². The van der Waals surface area contributed by atoms with Crippen molar-refractivity contribution in [1.29, 1.82) is 0 Å². The van der Waals surface area contributed by atoms with Crippen LogP contribution in [0.1, 0.15) is 37.4 Å². The van der Waals surface area contributed by atoms with Crippen LogP contribution < -0.4 is 9.46 Å². The monoisotopic (exact) mass is 277 g/mol. The van der Waals surface area contributed by atoms with Crippen molar-refractivity contribution in [1.82, 2.24) is 4.72 Å². The molecule has 6 heteroatoms. The van der Waals surface area contributed by atoms with Crippen molar-refractivity contribution in [3.63, 3.8) is 0 Å². The van der Waals surface area contributed by atoms with Gasteiger partial charge in [-0.3, -0.25) is 9.52 Å². The van der Waals surface area contributed by atoms with Gasteiger partial charge < -0.3 is 4.74 Å². The minimum absolute atomic E-state index is 0.339. The Morgan fingerprint density at radius 2 is 2.12 bits per heavy atom. The first kappa shape index (κ1) is 16.1. The van der Waals surface area contributed by atoms with Gasteiger partial charge in [-0.05, 0) is 18.4 Å². The lowest BCUT2D eigenvalue weighted by Crippen LogP contribution is -2.26. The van der Waals surface area contributed by atoms with Crippen LogP contribution in [0.4, 0.5) is 0 Å². The number of rotatable bonds is 5. The molecule has 1 rings (SSSR count). The largest absolute Gasteiger partial charge is 0.492 e. The standard InChI is InChI=1S/C9H13NO3S2.C2H6/c1-3-13-7-5-6-14-8(7)9(11)10-15(12)4-2;1-2/h5-6H,3-4H2,1-2H3,(H,10,11);1-2H3. The number of hydrogen-bond acceptors (Lipinski definition) is 4. The van der Waals surface area contributed by atoms with E-state index in [1.165, 1.54) is 11.3 Å². The molecule has 98 valence electrons. The van der Waals surface area contributed by atoms with Gasteiger partial charge in [0.1, 0.15) is 21.6 Å². The second-order valence-corrected chi connectivity index (χ2v) is 5.00. The third-order valence-corrected chi connectivity index (χ3v) is 3.44. The van der Waals surface area contributed by atoms with E-state index in [0.717, 1.165) is 0 Å². The lowest BCUT2D eigenvalue weighted by atomic mass is 10.4. The van der Waals surface area contributed by atoms with E-state index in [1.54, 1.807) is 18.4 Å². The predicted molar refractivity (Wildman–Crippen MR) is 73.0 cm³/mol. The molecule has 1 aromatic heterocycles. The van der Waals surface area contributed by atoms with Crippen LogP contribution in [0, 0.1) is 0 Å². The maximum atomic E-state index is 11.6. The number of carbonyl (C=O) groups excluding carboxylic acids is 1. The molecule has 0 aliphatic carbocycles. The van der Waals surface area contributed by atoms with Crippen LogP contribution in [-0.2, 0) is 11.0 Å². The summed E-state index contributed by atoms with van der Waals surface area (Å²) < 4.78 is 18.8. The highest BCUT2D eigenvalue weighted by Crippen LogP contribution is 2.24. The second kappa shape index (κ2) is 9.18. The molecule has 0 spiro atoms. The van der Waals surface area contributed by atoms with Gasteiger partial charge in [-0.1, -0.05) is 20.8 Å². The number of carbonyl (C=O) groups is 1. The van der Waals surface area contributed by atoms with Gasteiger partial charge in [0.15, 0.2) is 0 Å². The average Bonchev–Trinajstić information content (AvgIpc) is 2.80. The Morgan fingerprint density at radius 1 is 1.47 bits per heavy atom. The van der Waals surface area contributed by atoms with Gasteiger partial charge in [0.05, 0.1) is 6.61 Å². The van der Waals surface area contributed by atoms with Gasteiger partial charge in [0.25, 0.3) is 5.91 Å². The van der Waals surface area contributed by atoms with E-state index in [4.69, 9.17) is 4.74 Å². The number of hydrogen-bond donors (Lipinski definition) is 1. The minimum Gasteiger partial charge on any atom is -0.492 e. The molecule has 17 heavy (non-hydrogen) atoms. The smallest absolute Gasteiger partial charge is 0.276 e. The number of nitrogens with one attached hydrogen (secondary N) is 1. The van der Waals surface area contributed by atoms with Crippen molar-refractivity contribution in [2.75, 3.05) is 12.4 Å². The van der Waals surface area contributed by atoms with E-state index in [1.807, 2.05) is 20.8 Å². The summed E-state index contributed by atoms with van der Waals surface area (Å²) in [5, 5.41) is 1.77. The highest BCUT2D eigenvalue weighted by molar-refractivity contribution is 7.83. The topological polar surface area (TPSA) is 55.4 Å². The summed E-state index contributed by atoms with van der Waals surface area (Å²) in [6.45, 7) is 8.10. The van der Waals surface area contributed by atoms with Crippen molar-refractivity contribution in [3.8, 4) is 5.75 Å². The molecule has 0 radical (unpaired) electrons. The first-order valence-corrected chi connectivity index (χ1v) is 7.78. The Hall–Kier alpha value is -0.880. The molecular formula is C11H19NO3S2. The highest BCUT2D eigenvalue weighted by Gasteiger charge is 2.15. The molecule has 0 saturated carbocycles. The van der Waals surface area contributed by atoms with Crippen molar-refractivity contribution < 1.29 is 13.7 Å². The van der Waals surface area contributed by atoms with Gasteiger partial charge >= 0.3 is 0 Å². The quantitative estimate of drug-likeness (QED) is 0.900. The van der Waals surface area contributed by atoms with Crippen molar-refractivity contribution in [2.45, 2.75) is 27.7 Å². The van der Waals surface area contributed by atoms with Crippen LogP contribution >= 0.6 is 11.3 Å². The van der Waals surface area contributed by atoms with Crippen LogP contribution in [0.3, 0.4) is 0 Å². The molecule has 0 aromatic carbocycles. The molecule has 1 heterocycles. The zero-order valence-electron chi connectivity index (χ0n) is 10.6. The highest BCUT2D eigenvalue weighted by atomic mass is 32.2. The van der Waals surface area contributed by atoms with Crippen LogP contribution in [0.5, 0.6) is 5.75 Å². The fraction of sp³-hybridized carbons (Fsp3) is 0.545. The number of thiophene rings is 1. The Bertz CT molecular complexity index is 363. The van der Waals surface area contributed by atoms with Crippen molar-refractivity contribution in [2.24, 2.45) is 0 Å². The lowest BCUT2D eigenvalue weighted by Gasteiger charge is -2.04. The molecule has 0 fully saturated rings. The molecule has 1 N–H and O–H groups in total. The second-order valence-electron chi connectivity index (χ2n) is 2.61. The van der Waals surface area contributed by atoms with E-state index < -0.39 is 11.0 Å². The van der Waals surface area contributed by atoms with E-state index in [9.17, 15) is 9.00 Å². The molecule has 1 atom stereocenters. The van der Waals surface area contributed by atoms with Gasteiger partial charge in [-0.25, -0.2) is 4.21 Å². The molecular weight excluding hydrogens is 258 g/mol. The molecule has 0 aliphatic rings. The van der Waals surface area contributed by atoms with E-state index >= 15 is 0 Å². The normalized spacial score (nSPS) is 11.1. The molecule has 0 bridgehead atoms. The Labute approximate surface area is 109 Å². The minimum atomic E-state index is -1.30. The zero-order valence-corrected chi connectivity index (χ0v) is 12.2. The molecule has 0 aliphatic heterocycles. The van der Waals surface area contributed by atoms with E-state index in [0.29, 0.717) is 23.0 Å². The third kappa shape index (κ3) is 5.32. The summed E-state index contributed by atoms with van der Waals surface area (Å²) in [6, 6.07) is 1.73. The maximum Gasteiger partial charge on any atom is 0.276 e. The average molecular weight is 277 g/mol. The first-order chi connectivity index (χ1) is 8.19. The van der Waals surface area contributed by atoms with E-state index in [-0.39, 0.29) is 5.91 Å². The van der Waals surface area contributed by atoms with E-state index in [2.05, 4.69) is 4.72 Å². The zero-order chi connectivity index (χ0) is 13.3. The summed E-state index contributed by atoms with van der Waals surface area (Å²) in [4.78, 5) is 12.1. The molecule has 4 nitrogen and oxygen atoms in total. The fourth-order valence-corrected chi connectivity index (χ4v) is 2.20. The first-order valence-electron chi connectivity index (χ1n) is 5.58. The summed E-state index contributed by atoms with van der Waals surface area (Å²) in [7, 11) is -1.30. The van der Waals surface area contributed by atoms with Gasteiger partial charge in [-0.15, -0.1) is 11.3 Å². The Kier molecular flexibility index (Phi) is 8.71. The fourth-order valence-electron chi connectivity index (χ4n) is 0.954. The van der Waals surface area contributed by atoms with Crippen LogP contribution in [0.25, 0.3) is 0 Å². The Morgan fingerprint density at radius 3 is 2.65 bits per heavy atom. The van der Waals surface area contributed by atoms with Gasteiger partial charge in [0.2, 0.25) is 0 Å². The Balaban J connectivity index is 0.00000121. The van der Waals surface area contributed by atoms with Crippen molar-refractivity contribution >= 4 is 28.2 Å². The van der Waals surface area contributed by atoms with Gasteiger partial charge in [-0.2, -0.15) is 0 Å². The summed E-state index contributed by atoms with van der Waals surface area (Å²) >= 11 is 1.28. The summed E-state index contributed by atoms with van der Waals surface area (Å²) in [6.07, 6.45) is 0. The molecule has 0 saturated heterocycles. The SMILES string of the molecule is CC.CCOc1ccsc1C(=O)NS(=O)CC. The summed E-state index contributed by atoms with van der Waals surface area (Å²) in [5.41, 5.74) is 0. The lowest BCUT2D eigenvalue weighted by molar-refractivity contribution is 0.0983. The third-order valence-electron chi connectivity index (χ3n) is 1.60. The molecule has 1 unspecified atom stereocenters.